The van der Waals surface area contributed by atoms with Crippen molar-refractivity contribution >= 4 is 38.2 Å². The Balaban J connectivity index is 1.44. The highest BCUT2D eigenvalue weighted by Crippen LogP contribution is 2.42. The van der Waals surface area contributed by atoms with Gasteiger partial charge in [-0.1, -0.05) is 134 Å². The molecule has 0 spiro atoms. The normalized spacial score (nSPS) is 11.5. The SMILES string of the molecule is C=C(/C=C\C)c1c2ccccc2c(-c2ccc(-c3nc4ccccc4nc3-c3ccccc3)cc2)c2ccccc12. The fourth-order valence-corrected chi connectivity index (χ4v) is 5.86. The molecular weight excluding hydrogens is 496 g/mol. The molecular formula is C39H28N2. The number of hydrogen-bond acceptors (Lipinski definition) is 2. The minimum Gasteiger partial charge on any atom is -0.244 e. The van der Waals surface area contributed by atoms with E-state index < -0.39 is 0 Å². The molecule has 0 saturated carbocycles. The lowest BCUT2D eigenvalue weighted by Crippen LogP contribution is -1.96. The zero-order valence-corrected chi connectivity index (χ0v) is 22.9. The van der Waals surface area contributed by atoms with Crippen LogP contribution in [-0.2, 0) is 0 Å². The largest absolute Gasteiger partial charge is 0.244 e. The van der Waals surface area contributed by atoms with Gasteiger partial charge in [-0.2, -0.15) is 0 Å². The number of benzene rings is 6. The Labute approximate surface area is 240 Å². The summed E-state index contributed by atoms with van der Waals surface area (Å²) in [6, 6.07) is 44.5. The Hall–Kier alpha value is -5.34. The number of aromatic nitrogens is 2. The number of nitrogens with zero attached hydrogens (tertiary/aromatic N) is 2. The van der Waals surface area contributed by atoms with Crippen molar-refractivity contribution in [1.29, 1.82) is 0 Å². The Bertz CT molecular complexity index is 2050. The lowest BCUT2D eigenvalue weighted by atomic mass is 9.86. The fourth-order valence-electron chi connectivity index (χ4n) is 5.86. The van der Waals surface area contributed by atoms with Gasteiger partial charge in [-0.15, -0.1) is 0 Å². The van der Waals surface area contributed by atoms with Crippen LogP contribution in [0.2, 0.25) is 0 Å². The van der Waals surface area contributed by atoms with Gasteiger partial charge in [-0.25, -0.2) is 9.97 Å². The summed E-state index contributed by atoms with van der Waals surface area (Å²) in [4.78, 5) is 10.1. The summed E-state index contributed by atoms with van der Waals surface area (Å²) >= 11 is 0. The van der Waals surface area contributed by atoms with Crippen molar-refractivity contribution in [2.24, 2.45) is 0 Å². The maximum atomic E-state index is 5.09. The molecule has 0 atom stereocenters. The molecule has 6 aromatic carbocycles. The van der Waals surface area contributed by atoms with Gasteiger partial charge in [0.25, 0.3) is 0 Å². The molecule has 1 aromatic heterocycles. The van der Waals surface area contributed by atoms with E-state index in [9.17, 15) is 0 Å². The molecule has 0 aliphatic heterocycles. The van der Waals surface area contributed by atoms with Crippen molar-refractivity contribution < 1.29 is 0 Å². The Kier molecular flexibility index (Phi) is 6.22. The van der Waals surface area contributed by atoms with E-state index in [0.717, 1.165) is 39.1 Å². The summed E-state index contributed by atoms with van der Waals surface area (Å²) in [7, 11) is 0. The Morgan fingerprint density at radius 2 is 0.951 bits per heavy atom. The van der Waals surface area contributed by atoms with Crippen LogP contribution in [0, 0.1) is 0 Å². The molecule has 0 saturated heterocycles. The average molecular weight is 525 g/mol. The van der Waals surface area contributed by atoms with Crippen LogP contribution >= 0.6 is 0 Å². The smallest absolute Gasteiger partial charge is 0.0973 e. The van der Waals surface area contributed by atoms with E-state index in [1.165, 1.54) is 38.2 Å². The molecule has 0 amide bonds. The number of rotatable bonds is 5. The molecule has 7 rings (SSSR count). The maximum Gasteiger partial charge on any atom is 0.0973 e. The molecule has 0 N–H and O–H groups in total. The van der Waals surface area contributed by atoms with Gasteiger partial charge in [-0.05, 0) is 62.9 Å². The van der Waals surface area contributed by atoms with Crippen LogP contribution in [0.4, 0.5) is 0 Å². The first-order valence-corrected chi connectivity index (χ1v) is 13.9. The lowest BCUT2D eigenvalue weighted by molar-refractivity contribution is 1.29. The van der Waals surface area contributed by atoms with Crippen molar-refractivity contribution in [2.45, 2.75) is 6.92 Å². The van der Waals surface area contributed by atoms with Crippen LogP contribution in [0.15, 0.2) is 146 Å². The van der Waals surface area contributed by atoms with Crippen LogP contribution in [-0.4, -0.2) is 9.97 Å². The molecule has 41 heavy (non-hydrogen) atoms. The fraction of sp³-hybridized carbons (Fsp3) is 0.0256. The average Bonchev–Trinajstić information content (AvgIpc) is 3.03. The zero-order chi connectivity index (χ0) is 27.8. The van der Waals surface area contributed by atoms with Crippen molar-refractivity contribution in [1.82, 2.24) is 9.97 Å². The molecule has 2 nitrogen and oxygen atoms in total. The van der Waals surface area contributed by atoms with Gasteiger partial charge in [0, 0.05) is 11.1 Å². The summed E-state index contributed by atoms with van der Waals surface area (Å²) in [5.41, 5.74) is 10.3. The summed E-state index contributed by atoms with van der Waals surface area (Å²) in [5.74, 6) is 0. The first-order valence-electron chi connectivity index (χ1n) is 13.9. The minimum absolute atomic E-state index is 0.883. The second-order valence-electron chi connectivity index (χ2n) is 10.2. The standard InChI is InChI=1S/C39H28N2/c1-3-13-26(2)36-30-16-7-9-18-32(30)37(33-19-10-8-17-31(33)36)27-22-24-29(25-23-27)39-38(28-14-5-4-6-15-28)40-34-20-11-12-21-35(34)41-39/h3-25H,2H2,1H3/b13-3-. The Morgan fingerprint density at radius 1 is 0.512 bits per heavy atom. The minimum atomic E-state index is 0.883. The lowest BCUT2D eigenvalue weighted by Gasteiger charge is -2.18. The van der Waals surface area contributed by atoms with E-state index >= 15 is 0 Å². The van der Waals surface area contributed by atoms with Crippen LogP contribution in [0.1, 0.15) is 12.5 Å². The third kappa shape index (κ3) is 4.31. The van der Waals surface area contributed by atoms with Crippen LogP contribution < -0.4 is 0 Å². The number of para-hydroxylation sites is 2. The first-order chi connectivity index (χ1) is 20.2. The van der Waals surface area contributed by atoms with E-state index in [2.05, 4.69) is 104 Å². The van der Waals surface area contributed by atoms with E-state index in [4.69, 9.17) is 9.97 Å². The first kappa shape index (κ1) is 24.7. The van der Waals surface area contributed by atoms with E-state index in [1.54, 1.807) is 0 Å². The van der Waals surface area contributed by atoms with Crippen molar-refractivity contribution in [3.05, 3.63) is 152 Å². The van der Waals surface area contributed by atoms with Gasteiger partial charge < -0.3 is 0 Å². The van der Waals surface area contributed by atoms with E-state index in [-0.39, 0.29) is 0 Å². The predicted molar refractivity (Wildman–Crippen MR) is 175 cm³/mol. The molecule has 0 aliphatic rings. The molecule has 1 heterocycles. The molecule has 0 bridgehead atoms. The van der Waals surface area contributed by atoms with Gasteiger partial charge in [0.05, 0.1) is 22.4 Å². The molecule has 0 fully saturated rings. The van der Waals surface area contributed by atoms with Crippen molar-refractivity contribution in [3.63, 3.8) is 0 Å². The summed E-state index contributed by atoms with van der Waals surface area (Å²) in [6.45, 7) is 6.45. The molecule has 2 heteroatoms. The van der Waals surface area contributed by atoms with Gasteiger partial charge in [0.1, 0.15) is 0 Å². The van der Waals surface area contributed by atoms with Crippen LogP contribution in [0.5, 0.6) is 0 Å². The monoisotopic (exact) mass is 524 g/mol. The zero-order valence-electron chi connectivity index (χ0n) is 22.9. The second-order valence-corrected chi connectivity index (χ2v) is 10.2. The third-order valence-corrected chi connectivity index (χ3v) is 7.69. The van der Waals surface area contributed by atoms with Crippen molar-refractivity contribution in [2.75, 3.05) is 0 Å². The topological polar surface area (TPSA) is 25.8 Å². The van der Waals surface area contributed by atoms with Gasteiger partial charge in [-0.3, -0.25) is 0 Å². The highest BCUT2D eigenvalue weighted by atomic mass is 14.8. The number of fused-ring (bicyclic) bond motifs is 3. The summed E-state index contributed by atoms with van der Waals surface area (Å²) in [5, 5.41) is 4.85. The van der Waals surface area contributed by atoms with E-state index in [0.29, 0.717) is 0 Å². The van der Waals surface area contributed by atoms with Gasteiger partial charge in [0.15, 0.2) is 0 Å². The highest BCUT2D eigenvalue weighted by molar-refractivity contribution is 6.19. The quantitative estimate of drug-likeness (QED) is 0.165. The molecule has 0 radical (unpaired) electrons. The highest BCUT2D eigenvalue weighted by Gasteiger charge is 2.17. The Morgan fingerprint density at radius 3 is 1.49 bits per heavy atom. The molecule has 194 valence electrons. The molecule has 7 aromatic rings. The predicted octanol–water partition coefficient (Wildman–Crippen LogP) is 10.5. The summed E-state index contributed by atoms with van der Waals surface area (Å²) < 4.78 is 0. The van der Waals surface area contributed by atoms with Gasteiger partial charge in [0.2, 0.25) is 0 Å². The number of allylic oxidation sites excluding steroid dienone is 3. The van der Waals surface area contributed by atoms with Crippen LogP contribution in [0.25, 0.3) is 71.8 Å². The molecule has 0 aliphatic carbocycles. The van der Waals surface area contributed by atoms with Gasteiger partial charge >= 0.3 is 0 Å². The van der Waals surface area contributed by atoms with E-state index in [1.807, 2.05) is 49.4 Å². The second kappa shape index (κ2) is 10.3. The third-order valence-electron chi connectivity index (χ3n) is 7.69. The van der Waals surface area contributed by atoms with Crippen LogP contribution in [0.3, 0.4) is 0 Å². The number of hydrogen-bond donors (Lipinski definition) is 0. The van der Waals surface area contributed by atoms with Crippen molar-refractivity contribution in [3.8, 4) is 33.6 Å². The summed E-state index contributed by atoms with van der Waals surface area (Å²) in [6.07, 6.45) is 4.15. The molecule has 0 unspecified atom stereocenters. The maximum absolute atomic E-state index is 5.09.